The smallest absolute Gasteiger partial charge is 0.186 e. The fraction of sp³-hybridized carbons (Fsp3) is 0. The molecule has 0 atom stereocenters. The van der Waals surface area contributed by atoms with Gasteiger partial charge in [0.05, 0.1) is 11.8 Å². The van der Waals surface area contributed by atoms with E-state index in [2.05, 4.69) is 0 Å². The van der Waals surface area contributed by atoms with Crippen molar-refractivity contribution in [2.24, 2.45) is 0 Å². The van der Waals surface area contributed by atoms with Gasteiger partial charge < -0.3 is 8.83 Å². The zero-order valence-electron chi connectivity index (χ0n) is 8.64. The third-order valence-corrected chi connectivity index (χ3v) is 2.78. The second kappa shape index (κ2) is 3.79. The van der Waals surface area contributed by atoms with Gasteiger partial charge in [-0.3, -0.25) is 4.79 Å². The van der Waals surface area contributed by atoms with Crippen LogP contribution in [0.4, 0.5) is 0 Å². The molecule has 0 radical (unpaired) electrons. The molecule has 4 heteroatoms. The monoisotopic (exact) mass is 246 g/mol. The Hall–Kier alpha value is -2.00. The van der Waals surface area contributed by atoms with Gasteiger partial charge in [0.1, 0.15) is 11.3 Å². The number of carbonyl (C=O) groups excluding carboxylic acids is 1. The van der Waals surface area contributed by atoms with Crippen LogP contribution in [0.3, 0.4) is 0 Å². The molecule has 0 N–H and O–H groups in total. The molecule has 0 saturated heterocycles. The molecule has 0 fully saturated rings. The van der Waals surface area contributed by atoms with E-state index in [4.69, 9.17) is 20.4 Å². The minimum atomic E-state index is 0.259. The van der Waals surface area contributed by atoms with Crippen LogP contribution in [-0.4, -0.2) is 6.29 Å². The highest BCUT2D eigenvalue weighted by atomic mass is 35.5. The predicted molar refractivity (Wildman–Crippen MR) is 64.3 cm³/mol. The Kier molecular flexibility index (Phi) is 2.27. The average Bonchev–Trinajstić information content (AvgIpc) is 2.93. The quantitative estimate of drug-likeness (QED) is 0.638. The summed E-state index contributed by atoms with van der Waals surface area (Å²) in [6.07, 6.45) is 2.12. The molecule has 0 aliphatic carbocycles. The first-order chi connectivity index (χ1) is 8.28. The Labute approximate surface area is 102 Å². The Morgan fingerprint density at radius 3 is 2.88 bits per heavy atom. The van der Waals surface area contributed by atoms with Crippen LogP contribution in [-0.2, 0) is 0 Å². The topological polar surface area (TPSA) is 43.4 Å². The van der Waals surface area contributed by atoms with E-state index in [0.29, 0.717) is 22.6 Å². The van der Waals surface area contributed by atoms with Gasteiger partial charge in [0.2, 0.25) is 0 Å². The van der Waals surface area contributed by atoms with Gasteiger partial charge >= 0.3 is 0 Å². The Bertz CT molecular complexity index is 694. The van der Waals surface area contributed by atoms with Crippen LogP contribution in [0.15, 0.2) is 45.4 Å². The minimum Gasteiger partial charge on any atom is -0.461 e. The van der Waals surface area contributed by atoms with E-state index in [9.17, 15) is 4.79 Å². The lowest BCUT2D eigenvalue weighted by Gasteiger charge is -1.90. The van der Waals surface area contributed by atoms with Crippen LogP contribution in [0.2, 0.25) is 5.02 Å². The first-order valence-electron chi connectivity index (χ1n) is 5.00. The Morgan fingerprint density at radius 1 is 1.18 bits per heavy atom. The van der Waals surface area contributed by atoms with Gasteiger partial charge in [-0.1, -0.05) is 11.6 Å². The van der Waals surface area contributed by atoms with Gasteiger partial charge in [-0.05, 0) is 30.3 Å². The van der Waals surface area contributed by atoms with E-state index in [1.54, 1.807) is 18.2 Å². The molecule has 0 bridgehead atoms. The predicted octanol–water partition coefficient (Wildman–Crippen LogP) is 4.16. The second-order valence-corrected chi connectivity index (χ2v) is 4.05. The fourth-order valence-electron chi connectivity index (χ4n) is 1.76. The molecule has 84 valence electrons. The first kappa shape index (κ1) is 10.2. The lowest BCUT2D eigenvalue weighted by molar-refractivity contribution is 0.110. The summed E-state index contributed by atoms with van der Waals surface area (Å²) in [5.41, 5.74) is 1.37. The maximum absolute atomic E-state index is 10.8. The zero-order chi connectivity index (χ0) is 11.8. The highest BCUT2D eigenvalue weighted by molar-refractivity contribution is 6.31. The van der Waals surface area contributed by atoms with Gasteiger partial charge in [-0.15, -0.1) is 0 Å². The second-order valence-electron chi connectivity index (χ2n) is 3.61. The van der Waals surface area contributed by atoms with Crippen molar-refractivity contribution in [3.63, 3.8) is 0 Å². The molecule has 0 saturated carbocycles. The standard InChI is InChI=1S/C13H7ClO3/c14-9-1-2-11-8(5-9)6-12(17-11)10-3-4-16-13(10)7-15/h1-7H. The number of benzene rings is 1. The Balaban J connectivity index is 2.21. The maximum Gasteiger partial charge on any atom is 0.186 e. The molecule has 17 heavy (non-hydrogen) atoms. The normalized spacial score (nSPS) is 10.9. The minimum absolute atomic E-state index is 0.259. The van der Waals surface area contributed by atoms with Crippen molar-refractivity contribution in [2.45, 2.75) is 0 Å². The van der Waals surface area contributed by atoms with Crippen LogP contribution in [0.25, 0.3) is 22.3 Å². The summed E-state index contributed by atoms with van der Waals surface area (Å²) in [5.74, 6) is 0.855. The van der Waals surface area contributed by atoms with E-state index in [1.807, 2.05) is 12.1 Å². The third-order valence-electron chi connectivity index (χ3n) is 2.55. The lowest BCUT2D eigenvalue weighted by atomic mass is 10.2. The molecule has 0 aliphatic heterocycles. The van der Waals surface area contributed by atoms with Gasteiger partial charge in [0.15, 0.2) is 12.0 Å². The van der Waals surface area contributed by atoms with Crippen molar-refractivity contribution >= 4 is 28.9 Å². The number of hydrogen-bond acceptors (Lipinski definition) is 3. The molecule has 2 heterocycles. The SMILES string of the molecule is O=Cc1occc1-c1cc2cc(Cl)ccc2o1. The number of carbonyl (C=O) groups is 1. The molecule has 1 aromatic carbocycles. The van der Waals surface area contributed by atoms with Crippen LogP contribution >= 0.6 is 11.6 Å². The third kappa shape index (κ3) is 1.65. The van der Waals surface area contributed by atoms with Crippen LogP contribution in [0.1, 0.15) is 10.6 Å². The summed E-state index contributed by atoms with van der Waals surface area (Å²) in [6.45, 7) is 0. The van der Waals surface area contributed by atoms with Crippen molar-refractivity contribution in [2.75, 3.05) is 0 Å². The number of aldehydes is 1. The van der Waals surface area contributed by atoms with Crippen LogP contribution in [0.5, 0.6) is 0 Å². The Morgan fingerprint density at radius 2 is 2.06 bits per heavy atom. The highest BCUT2D eigenvalue weighted by Crippen LogP contribution is 2.31. The van der Waals surface area contributed by atoms with E-state index >= 15 is 0 Å². The molecule has 3 aromatic rings. The van der Waals surface area contributed by atoms with Crippen LogP contribution < -0.4 is 0 Å². The van der Waals surface area contributed by atoms with Crippen molar-refractivity contribution in [1.29, 1.82) is 0 Å². The van der Waals surface area contributed by atoms with Crippen molar-refractivity contribution in [3.8, 4) is 11.3 Å². The number of rotatable bonds is 2. The largest absolute Gasteiger partial charge is 0.461 e. The fourth-order valence-corrected chi connectivity index (χ4v) is 1.94. The molecule has 3 nitrogen and oxygen atoms in total. The molecular formula is C13H7ClO3. The molecule has 0 unspecified atom stereocenters. The summed E-state index contributed by atoms with van der Waals surface area (Å²) >= 11 is 5.90. The van der Waals surface area contributed by atoms with E-state index in [1.165, 1.54) is 6.26 Å². The van der Waals surface area contributed by atoms with Gasteiger partial charge in [-0.25, -0.2) is 0 Å². The highest BCUT2D eigenvalue weighted by Gasteiger charge is 2.12. The van der Waals surface area contributed by atoms with Gasteiger partial charge in [0, 0.05) is 10.4 Å². The van der Waals surface area contributed by atoms with Crippen molar-refractivity contribution < 1.29 is 13.6 Å². The van der Waals surface area contributed by atoms with Gasteiger partial charge in [0.25, 0.3) is 0 Å². The summed E-state index contributed by atoms with van der Waals surface area (Å²) < 4.78 is 10.7. The van der Waals surface area contributed by atoms with E-state index in [-0.39, 0.29) is 5.76 Å². The first-order valence-corrected chi connectivity index (χ1v) is 5.38. The number of fused-ring (bicyclic) bond motifs is 1. The molecule has 3 rings (SSSR count). The van der Waals surface area contributed by atoms with E-state index in [0.717, 1.165) is 11.0 Å². The molecular weight excluding hydrogens is 240 g/mol. The summed E-state index contributed by atoms with van der Waals surface area (Å²) in [4.78, 5) is 10.8. The molecule has 0 aliphatic rings. The summed E-state index contributed by atoms with van der Waals surface area (Å²) in [6, 6.07) is 8.89. The lowest BCUT2D eigenvalue weighted by Crippen LogP contribution is -1.77. The number of hydrogen-bond donors (Lipinski definition) is 0. The number of halogens is 1. The van der Waals surface area contributed by atoms with E-state index < -0.39 is 0 Å². The number of furan rings is 2. The molecule has 0 spiro atoms. The summed E-state index contributed by atoms with van der Waals surface area (Å²) in [7, 11) is 0. The van der Waals surface area contributed by atoms with Gasteiger partial charge in [-0.2, -0.15) is 0 Å². The van der Waals surface area contributed by atoms with Crippen molar-refractivity contribution in [1.82, 2.24) is 0 Å². The molecule has 2 aromatic heterocycles. The van der Waals surface area contributed by atoms with Crippen molar-refractivity contribution in [3.05, 3.63) is 47.4 Å². The van der Waals surface area contributed by atoms with Crippen LogP contribution in [0, 0.1) is 0 Å². The molecule has 0 amide bonds. The average molecular weight is 247 g/mol. The summed E-state index contributed by atoms with van der Waals surface area (Å²) in [5, 5.41) is 1.54. The maximum atomic E-state index is 10.8. The zero-order valence-corrected chi connectivity index (χ0v) is 9.40.